The van der Waals surface area contributed by atoms with Crippen LogP contribution >= 0.6 is 11.6 Å². The van der Waals surface area contributed by atoms with Crippen LogP contribution in [-0.4, -0.2) is 19.9 Å². The van der Waals surface area contributed by atoms with Gasteiger partial charge in [0.25, 0.3) is 0 Å². The quantitative estimate of drug-likeness (QED) is 0.445. The van der Waals surface area contributed by atoms with Crippen molar-refractivity contribution in [3.63, 3.8) is 0 Å². The fourth-order valence-corrected chi connectivity index (χ4v) is 2.70. The molecule has 3 aromatic carbocycles. The number of hydrogen-bond acceptors (Lipinski definition) is 2. The molecule has 0 heterocycles. The normalized spacial score (nSPS) is 11.5. The number of aryl methyl sites for hydroxylation is 1. The third kappa shape index (κ3) is 6.71. The van der Waals surface area contributed by atoms with Crippen molar-refractivity contribution in [1.82, 2.24) is 0 Å². The van der Waals surface area contributed by atoms with E-state index in [0.717, 1.165) is 33.2 Å². The summed E-state index contributed by atoms with van der Waals surface area (Å²) in [7, 11) is 3.46. The third-order valence-electron chi connectivity index (χ3n) is 4.22. The van der Waals surface area contributed by atoms with Gasteiger partial charge in [-0.3, -0.25) is 4.99 Å². The van der Waals surface area contributed by atoms with E-state index < -0.39 is 0 Å². The number of allylic oxidation sites excluding steroid dienone is 2. The molecule has 0 unspecified atom stereocenters. The van der Waals surface area contributed by atoms with Crippen LogP contribution in [0.25, 0.3) is 5.57 Å². The predicted octanol–water partition coefficient (Wildman–Crippen LogP) is 6.87. The number of aliphatic imine (C=N–C) groups is 1. The SMILES string of the molecule is CN=C(/C=C(\C)c1ccc(Cl)cc1)c1ccc(OC)cc1.Cc1ccccc1. The molecule has 3 aromatic rings. The van der Waals surface area contributed by atoms with Gasteiger partial charge in [0.05, 0.1) is 12.8 Å². The fraction of sp³-hybridized carbons (Fsp3) is 0.160. The van der Waals surface area contributed by atoms with E-state index in [1.54, 1.807) is 14.2 Å². The highest BCUT2D eigenvalue weighted by Crippen LogP contribution is 2.19. The molecule has 0 aliphatic rings. The highest BCUT2D eigenvalue weighted by atomic mass is 35.5. The largest absolute Gasteiger partial charge is 0.497 e. The van der Waals surface area contributed by atoms with E-state index in [2.05, 4.69) is 37.0 Å². The van der Waals surface area contributed by atoms with Gasteiger partial charge in [0.15, 0.2) is 0 Å². The van der Waals surface area contributed by atoms with Crippen molar-refractivity contribution in [2.45, 2.75) is 13.8 Å². The van der Waals surface area contributed by atoms with Gasteiger partial charge >= 0.3 is 0 Å². The summed E-state index contributed by atoms with van der Waals surface area (Å²) in [6.45, 7) is 4.15. The van der Waals surface area contributed by atoms with E-state index in [9.17, 15) is 0 Å². The van der Waals surface area contributed by atoms with Crippen molar-refractivity contribution in [3.8, 4) is 5.75 Å². The lowest BCUT2D eigenvalue weighted by molar-refractivity contribution is 0.415. The molecule has 0 aromatic heterocycles. The Bertz CT molecular complexity index is 911. The molecule has 0 fully saturated rings. The number of rotatable bonds is 4. The van der Waals surface area contributed by atoms with Crippen molar-refractivity contribution in [1.29, 1.82) is 0 Å². The molecule has 0 amide bonds. The maximum atomic E-state index is 5.92. The van der Waals surface area contributed by atoms with Crippen molar-refractivity contribution >= 4 is 22.9 Å². The van der Waals surface area contributed by atoms with Crippen molar-refractivity contribution in [2.75, 3.05) is 14.2 Å². The molecule has 28 heavy (non-hydrogen) atoms. The molecule has 0 radical (unpaired) electrons. The van der Waals surface area contributed by atoms with Crippen LogP contribution in [0, 0.1) is 6.92 Å². The molecule has 3 rings (SSSR count). The molecule has 0 aliphatic heterocycles. The summed E-state index contributed by atoms with van der Waals surface area (Å²) < 4.78 is 5.18. The maximum absolute atomic E-state index is 5.92. The molecular formula is C25H26ClNO. The minimum Gasteiger partial charge on any atom is -0.497 e. The van der Waals surface area contributed by atoms with E-state index in [4.69, 9.17) is 16.3 Å². The lowest BCUT2D eigenvalue weighted by atomic mass is 10.0. The Morgan fingerprint density at radius 2 is 1.43 bits per heavy atom. The Morgan fingerprint density at radius 3 is 1.89 bits per heavy atom. The first-order valence-corrected chi connectivity index (χ1v) is 9.48. The van der Waals surface area contributed by atoms with Gasteiger partial charge in [-0.1, -0.05) is 59.6 Å². The average molecular weight is 392 g/mol. The summed E-state index contributed by atoms with van der Waals surface area (Å²) in [5.74, 6) is 0.840. The molecule has 3 heteroatoms. The van der Waals surface area contributed by atoms with Crippen LogP contribution in [-0.2, 0) is 0 Å². The Kier molecular flexibility index (Phi) is 8.51. The molecule has 0 atom stereocenters. The minimum atomic E-state index is 0.742. The van der Waals surface area contributed by atoms with Gasteiger partial charge in [-0.15, -0.1) is 0 Å². The van der Waals surface area contributed by atoms with Gasteiger partial charge in [-0.2, -0.15) is 0 Å². The second-order valence-corrected chi connectivity index (χ2v) is 6.76. The van der Waals surface area contributed by atoms with Crippen molar-refractivity contribution in [2.24, 2.45) is 4.99 Å². The molecule has 0 saturated carbocycles. The number of halogens is 1. The van der Waals surface area contributed by atoms with E-state index in [0.29, 0.717) is 0 Å². The molecule has 0 aliphatic carbocycles. The molecule has 0 bridgehead atoms. The van der Waals surface area contributed by atoms with E-state index in [1.165, 1.54) is 5.56 Å². The summed E-state index contributed by atoms with van der Waals surface area (Å²) >= 11 is 5.92. The zero-order valence-electron chi connectivity index (χ0n) is 16.8. The van der Waals surface area contributed by atoms with E-state index in [-0.39, 0.29) is 0 Å². The van der Waals surface area contributed by atoms with Crippen molar-refractivity contribution < 1.29 is 4.74 Å². The van der Waals surface area contributed by atoms with Gasteiger partial charge < -0.3 is 4.74 Å². The number of benzene rings is 3. The molecule has 0 saturated heterocycles. The first kappa shape index (κ1) is 21.5. The highest BCUT2D eigenvalue weighted by Gasteiger charge is 2.03. The third-order valence-corrected chi connectivity index (χ3v) is 4.47. The Labute approximate surface area is 173 Å². The van der Waals surface area contributed by atoms with Gasteiger partial charge in [0, 0.05) is 12.1 Å². The fourth-order valence-electron chi connectivity index (χ4n) is 2.57. The number of nitrogens with zero attached hydrogens (tertiary/aromatic N) is 1. The topological polar surface area (TPSA) is 21.6 Å². The maximum Gasteiger partial charge on any atom is 0.118 e. The predicted molar refractivity (Wildman–Crippen MR) is 122 cm³/mol. The van der Waals surface area contributed by atoms with Gasteiger partial charge in [-0.05, 0) is 73.0 Å². The zero-order valence-corrected chi connectivity index (χ0v) is 17.6. The molecule has 144 valence electrons. The monoisotopic (exact) mass is 391 g/mol. The van der Waals surface area contributed by atoms with E-state index >= 15 is 0 Å². The van der Waals surface area contributed by atoms with Crippen molar-refractivity contribution in [3.05, 3.63) is 107 Å². The second-order valence-electron chi connectivity index (χ2n) is 6.33. The summed E-state index contributed by atoms with van der Waals surface area (Å²) in [6, 6.07) is 26.0. The summed E-state index contributed by atoms with van der Waals surface area (Å²) in [5, 5.41) is 0.742. The lowest BCUT2D eigenvalue weighted by Crippen LogP contribution is -1.98. The van der Waals surface area contributed by atoms with Crippen LogP contribution in [0.2, 0.25) is 5.02 Å². The van der Waals surface area contributed by atoms with Crippen LogP contribution in [0.5, 0.6) is 5.75 Å². The van der Waals surface area contributed by atoms with Gasteiger partial charge in [-0.25, -0.2) is 0 Å². The minimum absolute atomic E-state index is 0.742. The average Bonchev–Trinajstić information content (AvgIpc) is 2.73. The number of ether oxygens (including phenoxy) is 1. The number of methoxy groups -OCH3 is 1. The van der Waals surface area contributed by atoms with Crippen LogP contribution in [0.4, 0.5) is 0 Å². The van der Waals surface area contributed by atoms with Crippen LogP contribution < -0.4 is 4.74 Å². The first-order valence-electron chi connectivity index (χ1n) is 9.10. The zero-order chi connectivity index (χ0) is 20.4. The van der Waals surface area contributed by atoms with Crippen LogP contribution in [0.1, 0.15) is 23.6 Å². The second kappa shape index (κ2) is 11.1. The standard InChI is InChI=1S/C18H18ClNO.C7H8/c1-13(14-4-8-16(19)9-5-14)12-18(20-2)15-6-10-17(21-3)11-7-15;1-7-5-3-2-4-6-7/h4-12H,1-3H3;2-6H,1H3/b13-12+,20-18?;. The Balaban J connectivity index is 0.000000336. The summed E-state index contributed by atoms with van der Waals surface area (Å²) in [6.07, 6.45) is 2.07. The van der Waals surface area contributed by atoms with Gasteiger partial charge in [0.1, 0.15) is 5.75 Å². The van der Waals surface area contributed by atoms with Gasteiger partial charge in [0.2, 0.25) is 0 Å². The van der Waals surface area contributed by atoms with Crippen LogP contribution in [0.3, 0.4) is 0 Å². The highest BCUT2D eigenvalue weighted by molar-refractivity contribution is 6.30. The molecule has 0 spiro atoms. The molecule has 0 N–H and O–H groups in total. The smallest absolute Gasteiger partial charge is 0.118 e. The Morgan fingerprint density at radius 1 is 0.857 bits per heavy atom. The van der Waals surface area contributed by atoms with Crippen LogP contribution in [0.15, 0.2) is 89.9 Å². The number of hydrogen-bond donors (Lipinski definition) is 0. The van der Waals surface area contributed by atoms with E-state index in [1.807, 2.05) is 66.7 Å². The summed E-state index contributed by atoms with van der Waals surface area (Å²) in [5.41, 5.74) is 5.59. The summed E-state index contributed by atoms with van der Waals surface area (Å²) in [4.78, 5) is 4.37. The Hall–Kier alpha value is -2.84. The first-order chi connectivity index (χ1) is 13.5. The molecule has 2 nitrogen and oxygen atoms in total. The molecular weight excluding hydrogens is 366 g/mol. The lowest BCUT2D eigenvalue weighted by Gasteiger charge is -2.06.